The fraction of sp³-hybridized carbons (Fsp3) is 0.263. The van der Waals surface area contributed by atoms with Gasteiger partial charge in [-0.3, -0.25) is 9.59 Å². The zero-order chi connectivity index (χ0) is 17.8. The van der Waals surface area contributed by atoms with Gasteiger partial charge in [0, 0.05) is 23.6 Å². The molecule has 0 aliphatic carbocycles. The summed E-state index contributed by atoms with van der Waals surface area (Å²) in [6.07, 6.45) is 2.73. The summed E-state index contributed by atoms with van der Waals surface area (Å²) in [6.45, 7) is 4.29. The second kappa shape index (κ2) is 7.53. The number of fused-ring (bicyclic) bond motifs is 1. The first-order valence-electron chi connectivity index (χ1n) is 8.24. The van der Waals surface area contributed by atoms with Crippen LogP contribution in [0.1, 0.15) is 27.7 Å². The van der Waals surface area contributed by atoms with E-state index in [1.807, 2.05) is 23.7 Å². The van der Waals surface area contributed by atoms with Gasteiger partial charge in [0.05, 0.1) is 4.88 Å². The topological polar surface area (TPSA) is 74.0 Å². The number of aromatic amines is 1. The van der Waals surface area contributed by atoms with Crippen molar-refractivity contribution in [2.24, 2.45) is 0 Å². The Morgan fingerprint density at radius 2 is 2.08 bits per heavy atom. The molecule has 1 unspecified atom stereocenters. The quantitative estimate of drug-likeness (QED) is 0.636. The Hall–Kier alpha value is -2.60. The van der Waals surface area contributed by atoms with E-state index >= 15 is 0 Å². The maximum atomic E-state index is 12.2. The Morgan fingerprint density at radius 3 is 2.84 bits per heavy atom. The molecule has 6 heteroatoms. The number of rotatable bonds is 6. The molecule has 1 aromatic carbocycles. The zero-order valence-electron chi connectivity index (χ0n) is 14.3. The summed E-state index contributed by atoms with van der Waals surface area (Å²) in [5.41, 5.74) is 3.52. The van der Waals surface area contributed by atoms with Crippen molar-refractivity contribution in [3.8, 4) is 0 Å². The van der Waals surface area contributed by atoms with E-state index in [4.69, 9.17) is 0 Å². The third kappa shape index (κ3) is 3.91. The number of hydrogen-bond donors (Lipinski definition) is 3. The van der Waals surface area contributed by atoms with E-state index in [-0.39, 0.29) is 11.8 Å². The average molecular weight is 355 g/mol. The second-order valence-corrected chi connectivity index (χ2v) is 6.97. The molecule has 0 bridgehead atoms. The van der Waals surface area contributed by atoms with Gasteiger partial charge < -0.3 is 15.6 Å². The predicted molar refractivity (Wildman–Crippen MR) is 101 cm³/mol. The van der Waals surface area contributed by atoms with Gasteiger partial charge in [-0.2, -0.15) is 0 Å². The van der Waals surface area contributed by atoms with Gasteiger partial charge >= 0.3 is 0 Å². The van der Waals surface area contributed by atoms with Gasteiger partial charge in [-0.05, 0) is 42.8 Å². The van der Waals surface area contributed by atoms with Crippen molar-refractivity contribution in [2.75, 3.05) is 6.54 Å². The van der Waals surface area contributed by atoms with Gasteiger partial charge in [-0.1, -0.05) is 24.3 Å². The summed E-state index contributed by atoms with van der Waals surface area (Å²) in [5.74, 6) is -0.398. The fourth-order valence-corrected chi connectivity index (χ4v) is 3.41. The van der Waals surface area contributed by atoms with E-state index in [1.165, 1.54) is 27.8 Å². The Bertz CT molecular complexity index is 883. The van der Waals surface area contributed by atoms with E-state index in [0.717, 1.165) is 11.9 Å². The maximum Gasteiger partial charge on any atom is 0.261 e. The van der Waals surface area contributed by atoms with Crippen LogP contribution in [0.15, 0.2) is 41.9 Å². The van der Waals surface area contributed by atoms with Crippen LogP contribution in [0.25, 0.3) is 10.9 Å². The molecule has 2 heterocycles. The van der Waals surface area contributed by atoms with Gasteiger partial charge in [0.15, 0.2) is 0 Å². The molecule has 3 rings (SSSR count). The van der Waals surface area contributed by atoms with E-state index < -0.39 is 6.04 Å². The van der Waals surface area contributed by atoms with Crippen molar-refractivity contribution < 1.29 is 9.59 Å². The number of thiophene rings is 1. The van der Waals surface area contributed by atoms with Crippen molar-refractivity contribution >= 4 is 34.1 Å². The normalized spacial score (nSPS) is 12.1. The number of benzene rings is 1. The number of carbonyl (C=O) groups excluding carboxylic acids is 2. The molecule has 2 aromatic heterocycles. The van der Waals surface area contributed by atoms with E-state index in [2.05, 4.69) is 34.7 Å². The number of para-hydroxylation sites is 1. The molecule has 130 valence electrons. The number of hydrogen-bond acceptors (Lipinski definition) is 3. The van der Waals surface area contributed by atoms with Gasteiger partial charge in [-0.15, -0.1) is 11.3 Å². The molecule has 25 heavy (non-hydrogen) atoms. The van der Waals surface area contributed by atoms with Gasteiger partial charge in [-0.25, -0.2) is 0 Å². The first-order valence-corrected chi connectivity index (χ1v) is 9.12. The molecule has 0 aliphatic heterocycles. The van der Waals surface area contributed by atoms with Gasteiger partial charge in [0.2, 0.25) is 5.91 Å². The summed E-state index contributed by atoms with van der Waals surface area (Å²) in [4.78, 5) is 28.0. The Kier molecular flexibility index (Phi) is 5.19. The Balaban J connectivity index is 1.51. The summed E-state index contributed by atoms with van der Waals surface area (Å²) in [7, 11) is 0. The molecule has 0 saturated heterocycles. The molecule has 3 N–H and O–H groups in total. The number of nitrogens with one attached hydrogen (secondary N) is 3. The second-order valence-electron chi connectivity index (χ2n) is 6.02. The van der Waals surface area contributed by atoms with Crippen LogP contribution in [0.5, 0.6) is 0 Å². The number of aryl methyl sites for hydroxylation is 1. The number of carbonyl (C=O) groups is 2. The lowest BCUT2D eigenvalue weighted by molar-refractivity contribution is -0.122. The van der Waals surface area contributed by atoms with Crippen LogP contribution in [0.4, 0.5) is 0 Å². The van der Waals surface area contributed by atoms with Crippen molar-refractivity contribution in [1.82, 2.24) is 15.6 Å². The lowest BCUT2D eigenvalue weighted by Gasteiger charge is -2.13. The zero-order valence-corrected chi connectivity index (χ0v) is 15.1. The fourth-order valence-electron chi connectivity index (χ4n) is 2.79. The number of aromatic nitrogens is 1. The molecule has 3 aromatic rings. The van der Waals surface area contributed by atoms with Crippen molar-refractivity contribution in [2.45, 2.75) is 26.3 Å². The highest BCUT2D eigenvalue weighted by molar-refractivity contribution is 7.12. The van der Waals surface area contributed by atoms with Gasteiger partial charge in [0.25, 0.3) is 5.91 Å². The molecule has 0 saturated carbocycles. The molecule has 0 spiro atoms. The van der Waals surface area contributed by atoms with E-state index in [9.17, 15) is 9.59 Å². The molecule has 2 amide bonds. The number of amides is 2. The van der Waals surface area contributed by atoms with Crippen LogP contribution < -0.4 is 10.6 Å². The Labute approximate surface area is 150 Å². The van der Waals surface area contributed by atoms with Crippen molar-refractivity contribution in [1.29, 1.82) is 0 Å². The minimum absolute atomic E-state index is 0.180. The highest BCUT2D eigenvalue weighted by Crippen LogP contribution is 2.21. The third-order valence-corrected chi connectivity index (χ3v) is 5.06. The largest absolute Gasteiger partial charge is 0.361 e. The first-order chi connectivity index (χ1) is 12.1. The highest BCUT2D eigenvalue weighted by atomic mass is 32.1. The summed E-state index contributed by atoms with van der Waals surface area (Å²) >= 11 is 1.36. The number of H-pyrrole nitrogens is 1. The van der Waals surface area contributed by atoms with Crippen molar-refractivity contribution in [3.05, 3.63) is 57.9 Å². The third-order valence-electron chi connectivity index (χ3n) is 4.19. The van der Waals surface area contributed by atoms with Crippen LogP contribution in [0.3, 0.4) is 0 Å². The van der Waals surface area contributed by atoms with Crippen LogP contribution >= 0.6 is 11.3 Å². The summed E-state index contributed by atoms with van der Waals surface area (Å²) < 4.78 is 0. The molecule has 0 radical (unpaired) electrons. The first kappa shape index (κ1) is 17.2. The predicted octanol–water partition coefficient (Wildman–Crippen LogP) is 3.02. The van der Waals surface area contributed by atoms with E-state index in [1.54, 1.807) is 13.0 Å². The minimum Gasteiger partial charge on any atom is -0.361 e. The van der Waals surface area contributed by atoms with Crippen LogP contribution in [-0.2, 0) is 11.2 Å². The molecule has 5 nitrogen and oxygen atoms in total. The van der Waals surface area contributed by atoms with Crippen LogP contribution in [0.2, 0.25) is 0 Å². The molecule has 1 atom stereocenters. The smallest absolute Gasteiger partial charge is 0.261 e. The highest BCUT2D eigenvalue weighted by Gasteiger charge is 2.16. The molecule has 0 aliphatic rings. The maximum absolute atomic E-state index is 12.2. The molecule has 0 fully saturated rings. The van der Waals surface area contributed by atoms with E-state index in [0.29, 0.717) is 11.4 Å². The average Bonchev–Trinajstić information content (AvgIpc) is 3.25. The van der Waals surface area contributed by atoms with Gasteiger partial charge in [0.1, 0.15) is 6.04 Å². The minimum atomic E-state index is -0.570. The van der Waals surface area contributed by atoms with Crippen LogP contribution in [-0.4, -0.2) is 29.4 Å². The Morgan fingerprint density at radius 1 is 1.24 bits per heavy atom. The standard InChI is InChI=1S/C19H21N3O2S/c1-12-5-3-6-15-14(11-21-17(12)15)8-9-20-18(23)13(2)22-19(24)16-7-4-10-25-16/h3-7,10-11,13,21H,8-9H2,1-2H3,(H,20,23)(H,22,24). The SMILES string of the molecule is Cc1cccc2c(CCNC(=O)C(C)NC(=O)c3cccs3)c[nH]c12. The lowest BCUT2D eigenvalue weighted by Crippen LogP contribution is -2.45. The monoisotopic (exact) mass is 355 g/mol. The molecular weight excluding hydrogens is 334 g/mol. The summed E-state index contributed by atoms with van der Waals surface area (Å²) in [6, 6.07) is 9.18. The molecular formula is C19H21N3O2S. The lowest BCUT2D eigenvalue weighted by atomic mass is 10.1. The summed E-state index contributed by atoms with van der Waals surface area (Å²) in [5, 5.41) is 8.63. The van der Waals surface area contributed by atoms with Crippen LogP contribution in [0, 0.1) is 6.92 Å². The van der Waals surface area contributed by atoms with Crippen molar-refractivity contribution in [3.63, 3.8) is 0 Å².